The van der Waals surface area contributed by atoms with Crippen LogP contribution in [0.2, 0.25) is 0 Å². The number of likely N-dealkylation sites (N-methyl/N-ethyl adjacent to an activating group) is 1. The molecule has 3 unspecified atom stereocenters. The molecule has 1 fully saturated rings. The van der Waals surface area contributed by atoms with Gasteiger partial charge in [0.25, 0.3) is 0 Å². The molecule has 0 aromatic carbocycles. The monoisotopic (exact) mass is 240 g/mol. The molecule has 102 valence electrons. The number of nitrogens with one attached hydrogen (secondary N) is 1. The summed E-state index contributed by atoms with van der Waals surface area (Å²) in [6.07, 6.45) is 4.14. The predicted molar refractivity (Wildman–Crippen MR) is 76.4 cm³/mol. The van der Waals surface area contributed by atoms with Crippen molar-refractivity contribution < 1.29 is 0 Å². The van der Waals surface area contributed by atoms with Crippen LogP contribution in [-0.4, -0.2) is 36.1 Å². The van der Waals surface area contributed by atoms with Gasteiger partial charge in [-0.1, -0.05) is 34.1 Å². The van der Waals surface area contributed by atoms with Crippen LogP contribution < -0.4 is 5.32 Å². The number of hydrogen-bond acceptors (Lipinski definition) is 2. The fraction of sp³-hybridized carbons (Fsp3) is 1.00. The zero-order valence-electron chi connectivity index (χ0n) is 12.7. The molecule has 2 nitrogen and oxygen atoms in total. The molecule has 1 N–H and O–H groups in total. The van der Waals surface area contributed by atoms with Gasteiger partial charge in [0.1, 0.15) is 0 Å². The van der Waals surface area contributed by atoms with E-state index < -0.39 is 0 Å². The maximum Gasteiger partial charge on any atom is 0.0243 e. The molecule has 1 aliphatic rings. The van der Waals surface area contributed by atoms with Crippen LogP contribution in [0.3, 0.4) is 0 Å². The third-order valence-electron chi connectivity index (χ3n) is 4.27. The smallest absolute Gasteiger partial charge is 0.0243 e. The van der Waals surface area contributed by atoms with Crippen molar-refractivity contribution in [3.05, 3.63) is 0 Å². The van der Waals surface area contributed by atoms with Gasteiger partial charge >= 0.3 is 0 Å². The summed E-state index contributed by atoms with van der Waals surface area (Å²) < 4.78 is 0. The van der Waals surface area contributed by atoms with Gasteiger partial charge in [0.2, 0.25) is 0 Å². The first-order chi connectivity index (χ1) is 7.86. The summed E-state index contributed by atoms with van der Waals surface area (Å²) in [6.45, 7) is 16.3. The molecule has 0 aliphatic carbocycles. The van der Waals surface area contributed by atoms with Gasteiger partial charge in [-0.2, -0.15) is 0 Å². The van der Waals surface area contributed by atoms with E-state index in [-0.39, 0.29) is 0 Å². The van der Waals surface area contributed by atoms with Crippen LogP contribution in [0.15, 0.2) is 0 Å². The van der Waals surface area contributed by atoms with Crippen molar-refractivity contribution in [2.75, 3.05) is 13.1 Å². The molecule has 3 atom stereocenters. The second-order valence-corrected chi connectivity index (χ2v) is 6.80. The Kier molecular flexibility index (Phi) is 5.46. The Hall–Kier alpha value is -0.0800. The van der Waals surface area contributed by atoms with E-state index in [4.69, 9.17) is 0 Å². The lowest BCUT2D eigenvalue weighted by atomic mass is 9.85. The average molecular weight is 240 g/mol. The third kappa shape index (κ3) is 4.26. The summed E-state index contributed by atoms with van der Waals surface area (Å²) in [5, 5.41) is 3.67. The summed E-state index contributed by atoms with van der Waals surface area (Å²) in [5.74, 6) is 0. The largest absolute Gasteiger partial charge is 0.312 e. The molecule has 0 spiro atoms. The van der Waals surface area contributed by atoms with Gasteiger partial charge in [-0.25, -0.2) is 0 Å². The zero-order chi connectivity index (χ0) is 13.1. The molecule has 17 heavy (non-hydrogen) atoms. The highest BCUT2D eigenvalue weighted by Crippen LogP contribution is 2.26. The normalized spacial score (nSPS) is 29.3. The minimum atomic E-state index is 0.340. The second kappa shape index (κ2) is 6.19. The molecule has 0 amide bonds. The number of nitrogens with zero attached hydrogens (tertiary/aromatic N) is 1. The minimum absolute atomic E-state index is 0.340. The van der Waals surface area contributed by atoms with Crippen molar-refractivity contribution in [3.63, 3.8) is 0 Å². The average Bonchev–Trinajstić information content (AvgIpc) is 2.20. The fourth-order valence-electron chi connectivity index (χ4n) is 2.94. The first-order valence-electron chi connectivity index (χ1n) is 7.35. The quantitative estimate of drug-likeness (QED) is 0.811. The lowest BCUT2D eigenvalue weighted by Crippen LogP contribution is -2.54. The van der Waals surface area contributed by atoms with E-state index in [2.05, 4.69) is 51.8 Å². The van der Waals surface area contributed by atoms with Gasteiger partial charge < -0.3 is 5.32 Å². The van der Waals surface area contributed by atoms with Crippen LogP contribution in [-0.2, 0) is 0 Å². The highest BCUT2D eigenvalue weighted by atomic mass is 15.2. The Bertz CT molecular complexity index is 209. The SMILES string of the molecule is CCNC(CN1C(C)CCCC1C)C(C)(C)C. The minimum Gasteiger partial charge on any atom is -0.312 e. The molecule has 0 radical (unpaired) electrons. The highest BCUT2D eigenvalue weighted by Gasteiger charge is 2.31. The molecule has 1 heterocycles. The molecule has 0 aromatic rings. The van der Waals surface area contributed by atoms with Gasteiger partial charge in [0.15, 0.2) is 0 Å². The molecule has 1 saturated heterocycles. The Morgan fingerprint density at radius 2 is 1.71 bits per heavy atom. The fourth-order valence-corrected chi connectivity index (χ4v) is 2.94. The molecule has 1 aliphatic heterocycles. The van der Waals surface area contributed by atoms with Gasteiger partial charge in [-0.05, 0) is 38.6 Å². The van der Waals surface area contributed by atoms with Crippen molar-refractivity contribution in [3.8, 4) is 0 Å². The molecule has 0 bridgehead atoms. The zero-order valence-corrected chi connectivity index (χ0v) is 12.7. The van der Waals surface area contributed by atoms with Crippen molar-refractivity contribution in [2.45, 2.75) is 78.9 Å². The van der Waals surface area contributed by atoms with Crippen molar-refractivity contribution in [1.29, 1.82) is 0 Å². The molecule has 1 rings (SSSR count). The van der Waals surface area contributed by atoms with Crippen LogP contribution in [0.5, 0.6) is 0 Å². The molecule has 2 heteroatoms. The Balaban J connectivity index is 2.64. The van der Waals surface area contributed by atoms with E-state index >= 15 is 0 Å². The molecular formula is C15H32N2. The van der Waals surface area contributed by atoms with Crippen molar-refractivity contribution in [2.24, 2.45) is 5.41 Å². The van der Waals surface area contributed by atoms with Gasteiger partial charge in [-0.15, -0.1) is 0 Å². The standard InChI is InChI=1S/C15H32N2/c1-7-16-14(15(4,5)6)11-17-12(2)9-8-10-13(17)3/h12-14,16H,7-11H2,1-6H3. The van der Waals surface area contributed by atoms with Gasteiger partial charge in [0, 0.05) is 24.7 Å². The molecule has 0 aromatic heterocycles. The predicted octanol–water partition coefficient (Wildman–Crippen LogP) is 3.27. The Morgan fingerprint density at radius 1 is 1.18 bits per heavy atom. The first-order valence-corrected chi connectivity index (χ1v) is 7.35. The van der Waals surface area contributed by atoms with E-state index in [1.54, 1.807) is 0 Å². The summed E-state index contributed by atoms with van der Waals surface area (Å²) >= 11 is 0. The number of piperidine rings is 1. The van der Waals surface area contributed by atoms with Crippen LogP contribution in [0.1, 0.15) is 60.8 Å². The number of rotatable bonds is 4. The van der Waals surface area contributed by atoms with E-state index in [0.29, 0.717) is 11.5 Å². The molecule has 0 saturated carbocycles. The number of likely N-dealkylation sites (tertiary alicyclic amines) is 1. The Morgan fingerprint density at radius 3 is 2.12 bits per heavy atom. The van der Waals surface area contributed by atoms with Crippen molar-refractivity contribution in [1.82, 2.24) is 10.2 Å². The highest BCUT2D eigenvalue weighted by molar-refractivity contribution is 4.88. The van der Waals surface area contributed by atoms with E-state index in [1.807, 2.05) is 0 Å². The van der Waals surface area contributed by atoms with E-state index in [0.717, 1.165) is 18.6 Å². The summed E-state index contributed by atoms with van der Waals surface area (Å²) in [7, 11) is 0. The first kappa shape index (κ1) is 15.0. The topological polar surface area (TPSA) is 15.3 Å². The summed E-state index contributed by atoms with van der Waals surface area (Å²) in [4.78, 5) is 2.71. The van der Waals surface area contributed by atoms with Crippen LogP contribution >= 0.6 is 0 Å². The maximum absolute atomic E-state index is 3.67. The third-order valence-corrected chi connectivity index (χ3v) is 4.27. The van der Waals surface area contributed by atoms with Crippen molar-refractivity contribution >= 4 is 0 Å². The van der Waals surface area contributed by atoms with Crippen LogP contribution in [0.4, 0.5) is 0 Å². The lowest BCUT2D eigenvalue weighted by Gasteiger charge is -2.44. The van der Waals surface area contributed by atoms with Crippen LogP contribution in [0, 0.1) is 5.41 Å². The summed E-state index contributed by atoms with van der Waals surface area (Å²) in [6, 6.07) is 2.10. The van der Waals surface area contributed by atoms with E-state index in [9.17, 15) is 0 Å². The molecular weight excluding hydrogens is 208 g/mol. The lowest BCUT2D eigenvalue weighted by molar-refractivity contribution is 0.0700. The van der Waals surface area contributed by atoms with Gasteiger partial charge in [-0.3, -0.25) is 4.90 Å². The number of hydrogen-bond donors (Lipinski definition) is 1. The summed E-state index contributed by atoms with van der Waals surface area (Å²) in [5.41, 5.74) is 0.340. The van der Waals surface area contributed by atoms with Crippen LogP contribution in [0.25, 0.3) is 0 Å². The van der Waals surface area contributed by atoms with E-state index in [1.165, 1.54) is 25.8 Å². The van der Waals surface area contributed by atoms with Gasteiger partial charge in [0.05, 0.1) is 0 Å². The Labute approximate surface area is 108 Å². The maximum atomic E-state index is 3.67. The second-order valence-electron chi connectivity index (χ2n) is 6.80.